The largest absolute Gasteiger partial charge is 0.393 e. The van der Waals surface area contributed by atoms with E-state index >= 15 is 0 Å². The molecule has 0 heterocycles. The van der Waals surface area contributed by atoms with E-state index in [4.69, 9.17) is 16.7 Å². The molecule has 1 nitrogen and oxygen atoms in total. The van der Waals surface area contributed by atoms with Crippen LogP contribution in [0.1, 0.15) is 32.6 Å². The van der Waals surface area contributed by atoms with Gasteiger partial charge in [0, 0.05) is 5.88 Å². The maximum absolute atomic E-state index is 9.10. The molecule has 0 bridgehead atoms. The van der Waals surface area contributed by atoms with Crippen molar-refractivity contribution in [2.45, 2.75) is 38.7 Å². The molecule has 56 valence electrons. The van der Waals surface area contributed by atoms with Crippen LogP contribution >= 0.6 is 11.6 Å². The molecule has 0 spiro atoms. The maximum atomic E-state index is 9.10. The van der Waals surface area contributed by atoms with Gasteiger partial charge in [0.1, 0.15) is 0 Å². The van der Waals surface area contributed by atoms with Gasteiger partial charge in [-0.15, -0.1) is 11.6 Å². The number of rotatable bonds is 5. The fraction of sp³-hybridized carbons (Fsp3) is 1.00. The Morgan fingerprint density at radius 3 is 2.56 bits per heavy atom. The molecule has 0 fully saturated rings. The predicted molar refractivity (Wildman–Crippen MR) is 40.9 cm³/mol. The van der Waals surface area contributed by atoms with Crippen molar-refractivity contribution in [1.29, 1.82) is 0 Å². The quantitative estimate of drug-likeness (QED) is 0.596. The topological polar surface area (TPSA) is 20.2 Å². The number of alkyl halides is 1. The smallest absolute Gasteiger partial charge is 0.0551 e. The third kappa shape index (κ3) is 6.13. The highest BCUT2D eigenvalue weighted by Gasteiger charge is 2.00. The molecule has 0 radical (unpaired) electrons. The first-order chi connectivity index (χ1) is 4.31. The number of aliphatic hydroxyl groups excluding tert-OH is 1. The van der Waals surface area contributed by atoms with E-state index in [1.165, 1.54) is 0 Å². The lowest BCUT2D eigenvalue weighted by Gasteiger charge is -2.05. The summed E-state index contributed by atoms with van der Waals surface area (Å²) in [5, 5.41) is 9.10. The van der Waals surface area contributed by atoms with Crippen LogP contribution in [0.5, 0.6) is 0 Å². The predicted octanol–water partition coefficient (Wildman–Crippen LogP) is 2.17. The molecule has 0 saturated heterocycles. The van der Waals surface area contributed by atoms with Gasteiger partial charge in [0.25, 0.3) is 0 Å². The Morgan fingerprint density at radius 2 is 2.11 bits per heavy atom. The highest BCUT2D eigenvalue weighted by molar-refractivity contribution is 6.17. The first kappa shape index (κ1) is 9.25. The molecule has 0 aromatic carbocycles. The fourth-order valence-corrected chi connectivity index (χ4v) is 0.962. The molecule has 2 heteroatoms. The van der Waals surface area contributed by atoms with Crippen molar-refractivity contribution in [2.75, 3.05) is 5.88 Å². The summed E-state index contributed by atoms with van der Waals surface area (Å²) in [5.41, 5.74) is 0. The zero-order valence-electron chi connectivity index (χ0n) is 5.94. The van der Waals surface area contributed by atoms with Crippen LogP contribution in [0.3, 0.4) is 0 Å². The Morgan fingerprint density at radius 1 is 1.44 bits per heavy atom. The second kappa shape index (κ2) is 6.37. The summed E-state index contributed by atoms with van der Waals surface area (Å²) in [4.78, 5) is 0. The average molecular weight is 151 g/mol. The first-order valence-electron chi connectivity index (χ1n) is 3.55. The van der Waals surface area contributed by atoms with Gasteiger partial charge < -0.3 is 5.11 Å². The normalized spacial score (nSPS) is 13.7. The minimum Gasteiger partial charge on any atom is -0.393 e. The highest BCUT2D eigenvalue weighted by atomic mass is 35.5. The van der Waals surface area contributed by atoms with Crippen LogP contribution in [0, 0.1) is 0 Å². The Balaban J connectivity index is 2.95. The van der Waals surface area contributed by atoms with Gasteiger partial charge in [-0.3, -0.25) is 0 Å². The Labute approximate surface area is 62.0 Å². The molecule has 0 saturated carbocycles. The summed E-state index contributed by atoms with van der Waals surface area (Å²) in [7, 11) is 0. The van der Waals surface area contributed by atoms with Gasteiger partial charge in [0.2, 0.25) is 0 Å². The van der Waals surface area contributed by atoms with Crippen LogP contribution in [0.15, 0.2) is 0 Å². The number of hydrogen-bond acceptors (Lipinski definition) is 1. The van der Waals surface area contributed by atoms with Crippen molar-refractivity contribution < 1.29 is 5.11 Å². The van der Waals surface area contributed by atoms with E-state index in [2.05, 4.69) is 6.92 Å². The van der Waals surface area contributed by atoms with Crippen molar-refractivity contribution in [3.8, 4) is 0 Å². The fourth-order valence-electron chi connectivity index (χ4n) is 0.710. The monoisotopic (exact) mass is 150 g/mol. The number of hydrogen-bond donors (Lipinski definition) is 1. The lowest BCUT2D eigenvalue weighted by molar-refractivity contribution is 0.158. The SMILES string of the molecule is CCCCC(O)CCCl. The number of unbranched alkanes of at least 4 members (excludes halogenated alkanes) is 1. The van der Waals surface area contributed by atoms with Gasteiger partial charge in [-0.05, 0) is 12.8 Å². The Hall–Kier alpha value is 0.250. The maximum Gasteiger partial charge on any atom is 0.0551 e. The van der Waals surface area contributed by atoms with Crippen molar-refractivity contribution in [3.63, 3.8) is 0 Å². The van der Waals surface area contributed by atoms with Gasteiger partial charge in [0.05, 0.1) is 6.10 Å². The molecule has 0 amide bonds. The summed E-state index contributed by atoms with van der Waals surface area (Å²) in [6.45, 7) is 2.12. The molecule has 9 heavy (non-hydrogen) atoms. The van der Waals surface area contributed by atoms with Crippen LogP contribution in [-0.2, 0) is 0 Å². The van der Waals surface area contributed by atoms with Crippen molar-refractivity contribution >= 4 is 11.6 Å². The zero-order valence-corrected chi connectivity index (χ0v) is 6.69. The van der Waals surface area contributed by atoms with Crippen LogP contribution in [0.25, 0.3) is 0 Å². The summed E-state index contributed by atoms with van der Waals surface area (Å²) in [6.07, 6.45) is 3.74. The Bertz CT molecular complexity index is 56.9. The molecule has 0 aliphatic carbocycles. The second-order valence-corrected chi connectivity index (χ2v) is 2.65. The summed E-state index contributed by atoms with van der Waals surface area (Å²) < 4.78 is 0. The number of halogens is 1. The van der Waals surface area contributed by atoms with Gasteiger partial charge in [-0.25, -0.2) is 0 Å². The minimum atomic E-state index is -0.164. The molecule has 0 aromatic heterocycles. The lowest BCUT2D eigenvalue weighted by Crippen LogP contribution is -2.06. The van der Waals surface area contributed by atoms with E-state index in [1.807, 2.05) is 0 Å². The molecule has 0 rings (SSSR count). The highest BCUT2D eigenvalue weighted by Crippen LogP contribution is 2.04. The van der Waals surface area contributed by atoms with E-state index in [-0.39, 0.29) is 6.10 Å². The summed E-state index contributed by atoms with van der Waals surface area (Å²) in [5.74, 6) is 0.574. The van der Waals surface area contributed by atoms with E-state index in [0.717, 1.165) is 25.7 Å². The molecular formula is C7H15ClO. The summed E-state index contributed by atoms with van der Waals surface area (Å²) in [6, 6.07) is 0. The molecule has 1 unspecified atom stereocenters. The second-order valence-electron chi connectivity index (χ2n) is 2.27. The molecule has 0 aliphatic heterocycles. The third-order valence-corrected chi connectivity index (χ3v) is 1.55. The van der Waals surface area contributed by atoms with Crippen LogP contribution in [0.2, 0.25) is 0 Å². The molecular weight excluding hydrogens is 136 g/mol. The summed E-state index contributed by atoms with van der Waals surface area (Å²) >= 11 is 5.42. The van der Waals surface area contributed by atoms with Crippen molar-refractivity contribution in [3.05, 3.63) is 0 Å². The zero-order chi connectivity index (χ0) is 7.11. The van der Waals surface area contributed by atoms with E-state index < -0.39 is 0 Å². The van der Waals surface area contributed by atoms with Crippen molar-refractivity contribution in [1.82, 2.24) is 0 Å². The van der Waals surface area contributed by atoms with E-state index in [1.54, 1.807) is 0 Å². The average Bonchev–Trinajstić information content (AvgIpc) is 1.85. The van der Waals surface area contributed by atoms with Gasteiger partial charge in [-0.1, -0.05) is 19.8 Å². The molecule has 0 aliphatic rings. The van der Waals surface area contributed by atoms with Gasteiger partial charge >= 0.3 is 0 Å². The molecule has 1 atom stereocenters. The van der Waals surface area contributed by atoms with Gasteiger partial charge in [0.15, 0.2) is 0 Å². The minimum absolute atomic E-state index is 0.164. The van der Waals surface area contributed by atoms with Crippen LogP contribution in [0.4, 0.5) is 0 Å². The lowest BCUT2D eigenvalue weighted by atomic mass is 10.1. The Kier molecular flexibility index (Phi) is 6.55. The first-order valence-corrected chi connectivity index (χ1v) is 4.08. The number of aliphatic hydroxyl groups is 1. The van der Waals surface area contributed by atoms with E-state index in [0.29, 0.717) is 5.88 Å². The van der Waals surface area contributed by atoms with Crippen LogP contribution in [-0.4, -0.2) is 17.1 Å². The standard InChI is InChI=1S/C7H15ClO/c1-2-3-4-7(9)5-6-8/h7,9H,2-6H2,1H3. The van der Waals surface area contributed by atoms with E-state index in [9.17, 15) is 0 Å². The van der Waals surface area contributed by atoms with Gasteiger partial charge in [-0.2, -0.15) is 0 Å². The molecule has 0 aromatic rings. The molecule has 1 N–H and O–H groups in total. The van der Waals surface area contributed by atoms with Crippen molar-refractivity contribution in [2.24, 2.45) is 0 Å². The van der Waals surface area contributed by atoms with Crippen LogP contribution < -0.4 is 0 Å². The third-order valence-electron chi connectivity index (χ3n) is 1.33.